The molecule has 5 heteroatoms. The summed E-state index contributed by atoms with van der Waals surface area (Å²) in [6.45, 7) is 2.44. The van der Waals surface area contributed by atoms with Crippen LogP contribution in [0.1, 0.15) is 13.8 Å². The fraction of sp³-hybridized carbons (Fsp3) is 1.00. The first-order chi connectivity index (χ1) is 4.19. The molecule has 0 aliphatic carbocycles. The average Bonchev–Trinajstić information content (AvgIpc) is 1.62. The fourth-order valence-corrected chi connectivity index (χ4v) is 0.327. The first-order valence-corrected chi connectivity index (χ1v) is 3.26. The number of rotatable bonds is 1. The number of alkyl halides is 3. The molecular weight excluding hydrogens is 139 g/mol. The molecule has 58 valence electrons. The molecule has 0 amide bonds. The van der Waals surface area contributed by atoms with Gasteiger partial charge in [-0.15, -0.1) is 0 Å². The molecule has 0 aromatic rings. The SMILES string of the molecule is BC(B)C(C)(C)C(F)(F)F. The molecule has 0 saturated heterocycles. The van der Waals surface area contributed by atoms with Crippen molar-refractivity contribution in [3.8, 4) is 0 Å². The van der Waals surface area contributed by atoms with E-state index < -0.39 is 11.6 Å². The first kappa shape index (κ1) is 9.92. The molecule has 10 heavy (non-hydrogen) atoms. The minimum Gasteiger partial charge on any atom is -0.171 e. The summed E-state index contributed by atoms with van der Waals surface area (Å²) >= 11 is 0. The zero-order valence-electron chi connectivity index (χ0n) is 6.71. The van der Waals surface area contributed by atoms with Crippen LogP contribution in [0.4, 0.5) is 13.2 Å². The Morgan fingerprint density at radius 3 is 1.40 bits per heavy atom. The predicted molar refractivity (Wildman–Crippen MR) is 40.7 cm³/mol. The fourth-order valence-electron chi connectivity index (χ4n) is 0.327. The van der Waals surface area contributed by atoms with Gasteiger partial charge in [0.05, 0.1) is 15.7 Å². The molecular formula is C5H11B2F3. The second kappa shape index (κ2) is 2.51. The third kappa shape index (κ3) is 1.70. The van der Waals surface area contributed by atoms with Crippen molar-refractivity contribution in [1.82, 2.24) is 0 Å². The molecule has 0 fully saturated rings. The summed E-state index contributed by atoms with van der Waals surface area (Å²) in [5, 5.41) is 0. The molecule has 0 heterocycles. The van der Waals surface area contributed by atoms with E-state index in [0.29, 0.717) is 0 Å². The molecule has 0 spiro atoms. The van der Waals surface area contributed by atoms with Crippen LogP contribution in [0.3, 0.4) is 0 Å². The molecule has 0 N–H and O–H groups in total. The molecule has 0 aromatic heterocycles. The van der Waals surface area contributed by atoms with Gasteiger partial charge in [0, 0.05) is 5.41 Å². The lowest BCUT2D eigenvalue weighted by atomic mass is 9.56. The smallest absolute Gasteiger partial charge is 0.171 e. The Labute approximate surface area is 61.0 Å². The second-order valence-electron chi connectivity index (χ2n) is 3.37. The van der Waals surface area contributed by atoms with Gasteiger partial charge < -0.3 is 0 Å². The van der Waals surface area contributed by atoms with Crippen molar-refractivity contribution >= 4 is 15.7 Å². The molecule has 0 aromatic carbocycles. The maximum absolute atomic E-state index is 12.1. The van der Waals surface area contributed by atoms with Crippen molar-refractivity contribution in [2.24, 2.45) is 5.41 Å². The Morgan fingerprint density at radius 2 is 1.40 bits per heavy atom. The minimum absolute atomic E-state index is 0.368. The lowest BCUT2D eigenvalue weighted by Crippen LogP contribution is -2.36. The van der Waals surface area contributed by atoms with E-state index in [1.165, 1.54) is 13.8 Å². The Bertz CT molecular complexity index is 117. The zero-order valence-corrected chi connectivity index (χ0v) is 6.71. The Balaban J connectivity index is 4.40. The van der Waals surface area contributed by atoms with E-state index >= 15 is 0 Å². The summed E-state index contributed by atoms with van der Waals surface area (Å²) in [6.07, 6.45) is -4.08. The van der Waals surface area contributed by atoms with E-state index in [4.69, 9.17) is 0 Å². The van der Waals surface area contributed by atoms with Crippen molar-refractivity contribution in [2.45, 2.75) is 25.7 Å². The molecule has 0 atom stereocenters. The summed E-state index contributed by atoms with van der Waals surface area (Å²) in [5.74, 6) is 0. The third-order valence-corrected chi connectivity index (χ3v) is 2.17. The van der Waals surface area contributed by atoms with Gasteiger partial charge in [0.2, 0.25) is 0 Å². The Morgan fingerprint density at radius 1 is 1.10 bits per heavy atom. The van der Waals surface area contributed by atoms with Crippen molar-refractivity contribution < 1.29 is 13.2 Å². The van der Waals surface area contributed by atoms with Gasteiger partial charge in [-0.3, -0.25) is 0 Å². The van der Waals surface area contributed by atoms with Crippen LogP contribution in [0.25, 0.3) is 0 Å². The first-order valence-electron chi connectivity index (χ1n) is 3.26. The quantitative estimate of drug-likeness (QED) is 0.479. The van der Waals surface area contributed by atoms with Gasteiger partial charge in [0.15, 0.2) is 0 Å². The van der Waals surface area contributed by atoms with Crippen molar-refractivity contribution in [3.05, 3.63) is 0 Å². The molecule has 0 aliphatic rings. The van der Waals surface area contributed by atoms with Gasteiger partial charge in [-0.2, -0.15) is 13.2 Å². The summed E-state index contributed by atoms with van der Waals surface area (Å²) in [6, 6.07) is 0. The average molecular weight is 150 g/mol. The van der Waals surface area contributed by atoms with Crippen LogP contribution in [0.5, 0.6) is 0 Å². The van der Waals surface area contributed by atoms with Crippen LogP contribution >= 0.6 is 0 Å². The highest BCUT2D eigenvalue weighted by molar-refractivity contribution is 6.36. The number of hydrogen-bond donors (Lipinski definition) is 0. The van der Waals surface area contributed by atoms with Crippen LogP contribution in [-0.4, -0.2) is 21.9 Å². The highest BCUT2D eigenvalue weighted by Crippen LogP contribution is 2.43. The van der Waals surface area contributed by atoms with Gasteiger partial charge in [0.25, 0.3) is 0 Å². The van der Waals surface area contributed by atoms with Gasteiger partial charge in [-0.1, -0.05) is 19.6 Å². The topological polar surface area (TPSA) is 0 Å². The molecule has 0 nitrogen and oxygen atoms in total. The summed E-state index contributed by atoms with van der Waals surface area (Å²) < 4.78 is 36.3. The van der Waals surface area contributed by atoms with E-state index in [1.54, 1.807) is 15.7 Å². The molecule has 0 saturated carbocycles. The van der Waals surface area contributed by atoms with Gasteiger partial charge in [-0.25, -0.2) is 0 Å². The van der Waals surface area contributed by atoms with Crippen LogP contribution < -0.4 is 0 Å². The van der Waals surface area contributed by atoms with Crippen LogP contribution in [0.2, 0.25) is 5.72 Å². The summed E-state index contributed by atoms with van der Waals surface area (Å²) in [4.78, 5) is 0. The van der Waals surface area contributed by atoms with E-state index in [-0.39, 0.29) is 5.72 Å². The maximum Gasteiger partial charge on any atom is 0.392 e. The lowest BCUT2D eigenvalue weighted by molar-refractivity contribution is -0.207. The maximum atomic E-state index is 12.1. The van der Waals surface area contributed by atoms with Crippen molar-refractivity contribution in [2.75, 3.05) is 0 Å². The van der Waals surface area contributed by atoms with Crippen molar-refractivity contribution in [3.63, 3.8) is 0 Å². The highest BCUT2D eigenvalue weighted by atomic mass is 19.4. The Kier molecular flexibility index (Phi) is 2.49. The molecule has 0 radical (unpaired) electrons. The summed E-state index contributed by atoms with van der Waals surface area (Å²) in [5.41, 5.74) is -1.93. The molecule has 0 unspecified atom stereocenters. The number of hydrogen-bond acceptors (Lipinski definition) is 0. The van der Waals surface area contributed by atoms with Gasteiger partial charge in [-0.05, 0) is 0 Å². The van der Waals surface area contributed by atoms with E-state index in [1.807, 2.05) is 0 Å². The van der Waals surface area contributed by atoms with Crippen LogP contribution in [0, 0.1) is 5.41 Å². The van der Waals surface area contributed by atoms with Gasteiger partial charge >= 0.3 is 6.18 Å². The molecule has 0 bridgehead atoms. The summed E-state index contributed by atoms with van der Waals surface area (Å²) in [7, 11) is 3.15. The second-order valence-corrected chi connectivity index (χ2v) is 3.37. The van der Waals surface area contributed by atoms with E-state index in [0.717, 1.165) is 0 Å². The molecule has 0 rings (SSSR count). The van der Waals surface area contributed by atoms with Crippen LogP contribution in [0.15, 0.2) is 0 Å². The standard InChI is InChI=1S/C5H11B2F3/c1-4(2,3(6)7)5(8,9)10/h3H,6-7H2,1-2H3. The largest absolute Gasteiger partial charge is 0.392 e. The normalized spacial score (nSPS) is 14.2. The monoisotopic (exact) mass is 150 g/mol. The van der Waals surface area contributed by atoms with Crippen molar-refractivity contribution in [1.29, 1.82) is 0 Å². The predicted octanol–water partition coefficient (Wildman–Crippen LogP) is 0.587. The number of halogens is 3. The van der Waals surface area contributed by atoms with Gasteiger partial charge in [0.1, 0.15) is 0 Å². The molecule has 0 aliphatic heterocycles. The lowest BCUT2D eigenvalue weighted by Gasteiger charge is -2.31. The highest BCUT2D eigenvalue weighted by Gasteiger charge is 2.48. The van der Waals surface area contributed by atoms with Crippen LogP contribution in [-0.2, 0) is 0 Å². The van der Waals surface area contributed by atoms with E-state index in [2.05, 4.69) is 0 Å². The minimum atomic E-state index is -4.08. The zero-order chi connectivity index (χ0) is 8.58. The Hall–Kier alpha value is -0.0801. The third-order valence-electron chi connectivity index (χ3n) is 2.17. The van der Waals surface area contributed by atoms with E-state index in [9.17, 15) is 13.2 Å².